The van der Waals surface area contributed by atoms with Gasteiger partial charge in [-0.15, -0.1) is 0 Å². The number of alkyl halides is 1. The van der Waals surface area contributed by atoms with Crippen LogP contribution in [0.4, 0.5) is 0 Å². The van der Waals surface area contributed by atoms with E-state index >= 15 is 0 Å². The third kappa shape index (κ3) is 2.77. The molecule has 22 heavy (non-hydrogen) atoms. The number of nitrogens with one attached hydrogen (secondary N) is 1. The molecule has 1 N–H and O–H groups in total. The molecule has 2 saturated heterocycles. The molecule has 2 aliphatic heterocycles. The molecule has 1 aromatic rings. The molecule has 5 nitrogen and oxygen atoms in total. The number of piperazine rings is 1. The molecular weight excluding hydrogens is 346 g/mol. The third-order valence-corrected chi connectivity index (χ3v) is 5.11. The Morgan fingerprint density at radius 2 is 2.05 bits per heavy atom. The number of amides is 2. The Morgan fingerprint density at radius 3 is 2.68 bits per heavy atom. The van der Waals surface area contributed by atoms with E-state index in [2.05, 4.69) is 38.3 Å². The van der Waals surface area contributed by atoms with Crippen LogP contribution in [0.1, 0.15) is 12.0 Å². The lowest BCUT2D eigenvalue weighted by molar-refractivity contribution is -0.142. The second kappa shape index (κ2) is 6.38. The van der Waals surface area contributed by atoms with Crippen LogP contribution in [-0.2, 0) is 16.1 Å². The van der Waals surface area contributed by atoms with Crippen LogP contribution >= 0.6 is 15.9 Å². The highest BCUT2D eigenvalue weighted by atomic mass is 79.9. The first-order valence-electron chi connectivity index (χ1n) is 7.57. The maximum Gasteiger partial charge on any atom is 0.242 e. The van der Waals surface area contributed by atoms with Crippen LogP contribution in [0.2, 0.25) is 0 Å². The predicted molar refractivity (Wildman–Crippen MR) is 87.6 cm³/mol. The summed E-state index contributed by atoms with van der Waals surface area (Å²) in [5.74, 6) is 0.105. The maximum atomic E-state index is 12.5. The maximum absolute atomic E-state index is 12.5. The fourth-order valence-corrected chi connectivity index (χ4v) is 3.75. The average molecular weight is 366 g/mol. The van der Waals surface area contributed by atoms with E-state index in [4.69, 9.17) is 0 Å². The third-order valence-electron chi connectivity index (χ3n) is 4.63. The number of benzene rings is 1. The highest BCUT2D eigenvalue weighted by Gasteiger charge is 2.51. The van der Waals surface area contributed by atoms with Gasteiger partial charge in [-0.1, -0.05) is 46.3 Å². The lowest BCUT2D eigenvalue weighted by Crippen LogP contribution is -2.66. The number of rotatable bonds is 3. The lowest BCUT2D eigenvalue weighted by Gasteiger charge is -2.47. The Hall–Kier alpha value is -1.40. The summed E-state index contributed by atoms with van der Waals surface area (Å²) in [6, 6.07) is 10.2. The van der Waals surface area contributed by atoms with Crippen molar-refractivity contribution >= 4 is 27.7 Å². The van der Waals surface area contributed by atoms with Crippen LogP contribution in [0.15, 0.2) is 30.3 Å². The van der Waals surface area contributed by atoms with Crippen LogP contribution in [-0.4, -0.2) is 58.7 Å². The van der Waals surface area contributed by atoms with Gasteiger partial charge in [-0.3, -0.25) is 14.5 Å². The fourth-order valence-electron chi connectivity index (χ4n) is 3.40. The minimum Gasteiger partial charge on any atom is -0.354 e. The summed E-state index contributed by atoms with van der Waals surface area (Å²) in [7, 11) is 0. The van der Waals surface area contributed by atoms with Gasteiger partial charge in [0, 0.05) is 32.7 Å². The van der Waals surface area contributed by atoms with Gasteiger partial charge >= 0.3 is 0 Å². The van der Waals surface area contributed by atoms with Gasteiger partial charge in [0.25, 0.3) is 0 Å². The van der Waals surface area contributed by atoms with Gasteiger partial charge < -0.3 is 10.2 Å². The fraction of sp³-hybridized carbons (Fsp3) is 0.500. The van der Waals surface area contributed by atoms with E-state index in [1.165, 1.54) is 5.56 Å². The molecule has 0 radical (unpaired) electrons. The Kier molecular flexibility index (Phi) is 4.49. The summed E-state index contributed by atoms with van der Waals surface area (Å²) in [6.45, 7) is 3.30. The highest BCUT2D eigenvalue weighted by Crippen LogP contribution is 2.30. The second-order valence-electron chi connectivity index (χ2n) is 5.89. The Bertz CT molecular complexity index is 566. The van der Waals surface area contributed by atoms with Gasteiger partial charge in [0.15, 0.2) is 0 Å². The van der Waals surface area contributed by atoms with Crippen molar-refractivity contribution in [1.82, 2.24) is 15.1 Å². The number of carbonyl (C=O) groups excluding carboxylic acids is 2. The van der Waals surface area contributed by atoms with Crippen LogP contribution in [0.5, 0.6) is 0 Å². The van der Waals surface area contributed by atoms with Crippen molar-refractivity contribution < 1.29 is 9.59 Å². The molecule has 1 spiro atoms. The van der Waals surface area contributed by atoms with Crippen molar-refractivity contribution in [2.45, 2.75) is 18.5 Å². The number of halogens is 1. The van der Waals surface area contributed by atoms with E-state index in [1.54, 1.807) is 4.90 Å². The zero-order valence-electron chi connectivity index (χ0n) is 12.4. The van der Waals surface area contributed by atoms with E-state index < -0.39 is 5.54 Å². The molecule has 2 fully saturated rings. The van der Waals surface area contributed by atoms with Crippen LogP contribution in [0.25, 0.3) is 0 Å². The number of carbonyl (C=O) groups is 2. The molecule has 0 aliphatic carbocycles. The lowest BCUT2D eigenvalue weighted by atomic mass is 9.91. The van der Waals surface area contributed by atoms with Gasteiger partial charge in [-0.2, -0.15) is 0 Å². The van der Waals surface area contributed by atoms with Crippen LogP contribution in [0.3, 0.4) is 0 Å². The standard InChI is InChI=1S/C16H20BrN3O2/c17-10-14(21)19-8-9-20(11-13-4-2-1-3-5-13)16(12-19)6-7-18-15(16)22/h1-5H,6-12H2,(H,18,22). The minimum absolute atomic E-state index is 0.0514. The van der Waals surface area contributed by atoms with Gasteiger partial charge in [-0.05, 0) is 12.0 Å². The SMILES string of the molecule is O=C(CBr)N1CCN(Cc2ccccc2)C2(CCNC2=O)C1. The van der Waals surface area contributed by atoms with E-state index in [-0.39, 0.29) is 11.8 Å². The van der Waals surface area contributed by atoms with Crippen LogP contribution < -0.4 is 5.32 Å². The molecule has 0 saturated carbocycles. The number of hydrogen-bond donors (Lipinski definition) is 1. The van der Waals surface area contributed by atoms with E-state index in [1.807, 2.05) is 18.2 Å². The zero-order valence-corrected chi connectivity index (χ0v) is 14.0. The zero-order chi connectivity index (χ0) is 15.6. The summed E-state index contributed by atoms with van der Waals surface area (Å²) in [4.78, 5) is 28.6. The minimum atomic E-state index is -0.577. The molecule has 0 bridgehead atoms. The van der Waals surface area contributed by atoms with Crippen molar-refractivity contribution in [3.05, 3.63) is 35.9 Å². The van der Waals surface area contributed by atoms with Crippen molar-refractivity contribution in [2.24, 2.45) is 0 Å². The van der Waals surface area contributed by atoms with Gasteiger partial charge in [0.1, 0.15) is 5.54 Å². The van der Waals surface area contributed by atoms with Crippen LogP contribution in [0, 0.1) is 0 Å². The van der Waals surface area contributed by atoms with Crippen molar-refractivity contribution in [1.29, 1.82) is 0 Å². The molecule has 0 aromatic heterocycles. The molecule has 1 atom stereocenters. The van der Waals surface area contributed by atoms with E-state index in [0.29, 0.717) is 25.0 Å². The predicted octanol–water partition coefficient (Wildman–Crippen LogP) is 0.984. The smallest absolute Gasteiger partial charge is 0.242 e. The van der Waals surface area contributed by atoms with E-state index in [0.717, 1.165) is 19.5 Å². The Balaban J connectivity index is 1.83. The first-order valence-corrected chi connectivity index (χ1v) is 8.69. The average Bonchev–Trinajstić information content (AvgIpc) is 2.91. The summed E-state index contributed by atoms with van der Waals surface area (Å²) < 4.78 is 0. The molecule has 2 aliphatic rings. The molecular formula is C16H20BrN3O2. The molecule has 6 heteroatoms. The van der Waals surface area contributed by atoms with E-state index in [9.17, 15) is 9.59 Å². The summed E-state index contributed by atoms with van der Waals surface area (Å²) in [5, 5.41) is 3.25. The summed E-state index contributed by atoms with van der Waals surface area (Å²) in [6.07, 6.45) is 0.755. The number of hydrogen-bond acceptors (Lipinski definition) is 3. The molecule has 2 heterocycles. The van der Waals surface area contributed by atoms with Gasteiger partial charge in [-0.25, -0.2) is 0 Å². The van der Waals surface area contributed by atoms with Crippen molar-refractivity contribution in [3.63, 3.8) is 0 Å². The van der Waals surface area contributed by atoms with Gasteiger partial charge in [0.05, 0.1) is 5.33 Å². The van der Waals surface area contributed by atoms with Gasteiger partial charge in [0.2, 0.25) is 11.8 Å². The Labute approximate surface area is 138 Å². The highest BCUT2D eigenvalue weighted by molar-refractivity contribution is 9.09. The summed E-state index contributed by atoms with van der Waals surface area (Å²) in [5.41, 5.74) is 0.619. The normalized spacial score (nSPS) is 25.5. The number of nitrogens with zero attached hydrogens (tertiary/aromatic N) is 2. The Morgan fingerprint density at radius 1 is 1.27 bits per heavy atom. The topological polar surface area (TPSA) is 52.7 Å². The molecule has 118 valence electrons. The molecule has 1 aromatic carbocycles. The molecule has 3 rings (SSSR count). The largest absolute Gasteiger partial charge is 0.354 e. The monoisotopic (exact) mass is 365 g/mol. The first-order chi connectivity index (χ1) is 10.7. The molecule has 2 amide bonds. The molecule has 1 unspecified atom stereocenters. The quantitative estimate of drug-likeness (QED) is 0.812. The first kappa shape index (κ1) is 15.5. The summed E-state index contributed by atoms with van der Waals surface area (Å²) >= 11 is 3.23. The van der Waals surface area contributed by atoms with Crippen molar-refractivity contribution in [3.8, 4) is 0 Å². The second-order valence-corrected chi connectivity index (χ2v) is 6.45. The van der Waals surface area contributed by atoms with Crippen molar-refractivity contribution in [2.75, 3.05) is 31.5 Å².